The van der Waals surface area contributed by atoms with Gasteiger partial charge in [0.25, 0.3) is 0 Å². The van der Waals surface area contributed by atoms with Crippen LogP contribution < -0.4 is 0 Å². The third kappa shape index (κ3) is 10.4. The Balaban J connectivity index is 0.787. The second kappa shape index (κ2) is 25.5. The molecule has 2 aromatic heterocycles. The van der Waals surface area contributed by atoms with Gasteiger partial charge >= 0.3 is 0 Å². The molecule has 4 aliphatic rings. The standard InChI is InChI=1S/C103H69NS2/c1-64-22-4-2-5-24-65(30-18-23-64)75-60-88(102-94(61-75)92-58-71(48-54-98(92)105-102)81-41-19-31-66-25-8-11-34-78(66)81)73-46-52-96-90(56-73)91-57-74(47-53-97(91)104(96)77-50-44-70(45-51-77)101-86-39-16-14-37-84(86)100(69-28-6-3-7-29-69)85-38-15-17-40-87(85)101)89-62-76(83-43-21-33-68-27-10-13-36-80(68)83)63-95-93-59-72(49-55-99(93)106-103(89)95)82-42-20-32-67-26-9-12-35-79(67)82/h2-7,9-23,26-63,92,98H,1,8,24-25H2/b5-2-,22-4-,23-18?,65-30+. The molecular formula is C103H69NS2. The molecular weight excluding hydrogens is 1320 g/mol. The van der Waals surface area contributed by atoms with Gasteiger partial charge in [0, 0.05) is 58.3 Å². The van der Waals surface area contributed by atoms with E-state index in [-0.39, 0.29) is 11.2 Å². The van der Waals surface area contributed by atoms with Crippen LogP contribution >= 0.6 is 23.1 Å². The molecule has 0 saturated heterocycles. The Bertz CT molecular complexity index is 6760. The predicted octanol–water partition coefficient (Wildman–Crippen LogP) is 28.9. The summed E-state index contributed by atoms with van der Waals surface area (Å²) in [5.41, 5.74) is 28.5. The van der Waals surface area contributed by atoms with Crippen molar-refractivity contribution in [2.24, 2.45) is 0 Å². The average Bonchev–Trinajstić information content (AvgIpc) is 1.42. The second-order valence-electron chi connectivity index (χ2n) is 28.8. The number of hydrogen-bond donors (Lipinski definition) is 0. The molecule has 3 aliphatic carbocycles. The number of aromatic nitrogens is 1. The molecule has 2 atom stereocenters. The van der Waals surface area contributed by atoms with Crippen LogP contribution in [-0.2, 0) is 6.42 Å². The number of aryl methyl sites for hydroxylation is 1. The molecule has 1 nitrogen and oxygen atoms in total. The van der Waals surface area contributed by atoms with Crippen LogP contribution in [0.2, 0.25) is 0 Å². The van der Waals surface area contributed by atoms with Crippen molar-refractivity contribution in [2.75, 3.05) is 0 Å². The van der Waals surface area contributed by atoms with Gasteiger partial charge in [-0.15, -0.1) is 23.1 Å². The Morgan fingerprint density at radius 3 is 1.67 bits per heavy atom. The summed E-state index contributed by atoms with van der Waals surface area (Å²) < 4.78 is 5.08. The SMILES string of the molecule is C=C1C=C/C=C(/c2cc(-c3ccc4c(c3)c3cc(-c5cc(-c6cccc7ccccc67)cc6c5sc5ccc(-c7cccc8ccccc78)cc56)ccc3n4-c3ccc(-c4c5ccccc5c(-c5ccccc5)c5ccccc45)cc3)c3c(c2)C2C=C(c4cccc5c4C=CCC5)C=CC2S3)C/C=C\C=C/1. The first-order chi connectivity index (χ1) is 52.5. The van der Waals surface area contributed by atoms with Crippen molar-refractivity contribution in [3.05, 3.63) is 392 Å². The summed E-state index contributed by atoms with van der Waals surface area (Å²) in [5.74, 6) is 0.185. The van der Waals surface area contributed by atoms with Gasteiger partial charge < -0.3 is 4.57 Å². The number of rotatable bonds is 9. The Hall–Kier alpha value is -12.4. The summed E-state index contributed by atoms with van der Waals surface area (Å²) in [6, 6.07) is 108. The van der Waals surface area contributed by atoms with E-state index in [1.807, 2.05) is 23.1 Å². The molecule has 3 heteroatoms. The molecule has 0 fully saturated rings. The summed E-state index contributed by atoms with van der Waals surface area (Å²) in [6.45, 7) is 4.34. The highest BCUT2D eigenvalue weighted by atomic mass is 32.2. The fraction of sp³-hybridized carbons (Fsp3) is 0.0485. The highest BCUT2D eigenvalue weighted by Gasteiger charge is 2.36. The summed E-state index contributed by atoms with van der Waals surface area (Å²) in [4.78, 5) is 1.36. The molecule has 0 bridgehead atoms. The Kier molecular flexibility index (Phi) is 15.0. The molecule has 2 unspecified atom stereocenters. The zero-order chi connectivity index (χ0) is 69.9. The van der Waals surface area contributed by atoms with Gasteiger partial charge in [-0.3, -0.25) is 0 Å². The van der Waals surface area contributed by atoms with Crippen LogP contribution in [0, 0.1) is 0 Å². The molecule has 106 heavy (non-hydrogen) atoms. The third-order valence-electron chi connectivity index (χ3n) is 22.7. The van der Waals surface area contributed by atoms with E-state index in [0.717, 1.165) is 41.6 Å². The van der Waals surface area contributed by atoms with Crippen LogP contribution in [0.15, 0.2) is 369 Å². The first kappa shape index (κ1) is 62.2. The van der Waals surface area contributed by atoms with Gasteiger partial charge in [-0.25, -0.2) is 0 Å². The van der Waals surface area contributed by atoms with Crippen LogP contribution in [0.25, 0.3) is 175 Å². The monoisotopic (exact) mass is 1380 g/mol. The summed E-state index contributed by atoms with van der Waals surface area (Å²) in [5, 5.41) is 15.2. The number of hydrogen-bond acceptors (Lipinski definition) is 2. The molecule has 21 rings (SSSR count). The van der Waals surface area contributed by atoms with Crippen LogP contribution in [0.3, 0.4) is 0 Å². The fourth-order valence-electron chi connectivity index (χ4n) is 17.7. The zero-order valence-electron chi connectivity index (χ0n) is 58.3. The van der Waals surface area contributed by atoms with Gasteiger partial charge in [0.2, 0.25) is 0 Å². The second-order valence-corrected chi connectivity index (χ2v) is 31.0. The number of thioether (sulfide) groups is 1. The smallest absolute Gasteiger partial charge is 0.0541 e. The van der Waals surface area contributed by atoms with E-state index in [1.54, 1.807) is 0 Å². The Morgan fingerprint density at radius 1 is 0.387 bits per heavy atom. The van der Waals surface area contributed by atoms with Crippen LogP contribution in [-0.4, -0.2) is 9.82 Å². The van der Waals surface area contributed by atoms with Gasteiger partial charge in [0.05, 0.1) is 11.0 Å². The van der Waals surface area contributed by atoms with Crippen molar-refractivity contribution < 1.29 is 0 Å². The zero-order valence-corrected chi connectivity index (χ0v) is 59.9. The van der Waals surface area contributed by atoms with Crippen LogP contribution in [0.1, 0.15) is 46.6 Å². The van der Waals surface area contributed by atoms with Crippen molar-refractivity contribution in [3.63, 3.8) is 0 Å². The van der Waals surface area contributed by atoms with Crippen LogP contribution in [0.5, 0.6) is 0 Å². The van der Waals surface area contributed by atoms with E-state index in [2.05, 4.69) is 369 Å². The molecule has 0 amide bonds. The maximum Gasteiger partial charge on any atom is 0.0541 e. The summed E-state index contributed by atoms with van der Waals surface area (Å²) in [6.07, 6.45) is 30.4. The number of benzene rings is 15. The lowest BCUT2D eigenvalue weighted by Crippen LogP contribution is -2.10. The molecule has 0 N–H and O–H groups in total. The van der Waals surface area contributed by atoms with E-state index in [9.17, 15) is 0 Å². The lowest BCUT2D eigenvalue weighted by molar-refractivity contribution is 0.883. The van der Waals surface area contributed by atoms with Gasteiger partial charge in [-0.05, 0) is 241 Å². The minimum Gasteiger partial charge on any atom is -0.309 e. The molecule has 0 saturated carbocycles. The minimum atomic E-state index is 0.185. The minimum absolute atomic E-state index is 0.185. The maximum atomic E-state index is 4.34. The van der Waals surface area contributed by atoms with E-state index >= 15 is 0 Å². The summed E-state index contributed by atoms with van der Waals surface area (Å²) in [7, 11) is 0. The largest absolute Gasteiger partial charge is 0.309 e. The van der Waals surface area contributed by atoms with Crippen molar-refractivity contribution in [2.45, 2.75) is 35.3 Å². The summed E-state index contributed by atoms with van der Waals surface area (Å²) >= 11 is 3.94. The topological polar surface area (TPSA) is 4.93 Å². The third-order valence-corrected chi connectivity index (χ3v) is 25.4. The molecule has 0 spiro atoms. The maximum absolute atomic E-state index is 4.34. The lowest BCUT2D eigenvalue weighted by atomic mass is 9.82. The van der Waals surface area contributed by atoms with E-state index in [0.29, 0.717) is 0 Å². The molecule has 3 heterocycles. The number of allylic oxidation sites excluding steroid dienone is 13. The first-order valence-electron chi connectivity index (χ1n) is 37.0. The first-order valence-corrected chi connectivity index (χ1v) is 38.7. The number of fused-ring (bicyclic) bond motifs is 14. The van der Waals surface area contributed by atoms with Gasteiger partial charge in [-0.1, -0.05) is 292 Å². The van der Waals surface area contributed by atoms with E-state index in [1.165, 1.54) is 185 Å². The lowest BCUT2D eigenvalue weighted by Gasteiger charge is -2.22. The van der Waals surface area contributed by atoms with E-state index < -0.39 is 0 Å². The Morgan fingerprint density at radius 2 is 0.953 bits per heavy atom. The normalized spacial score (nSPS) is 16.6. The highest BCUT2D eigenvalue weighted by Crippen LogP contribution is 2.56. The predicted molar refractivity (Wildman–Crippen MR) is 459 cm³/mol. The van der Waals surface area contributed by atoms with Crippen molar-refractivity contribution >= 4 is 125 Å². The van der Waals surface area contributed by atoms with Crippen LogP contribution in [0.4, 0.5) is 0 Å². The molecule has 1 aliphatic heterocycles. The number of nitrogens with zero attached hydrogens (tertiary/aromatic N) is 1. The Labute approximate surface area is 625 Å². The molecule has 498 valence electrons. The number of thiophene rings is 1. The molecule has 15 aromatic carbocycles. The van der Waals surface area contributed by atoms with E-state index in [4.69, 9.17) is 0 Å². The molecule has 0 radical (unpaired) electrons. The van der Waals surface area contributed by atoms with Gasteiger partial charge in [0.15, 0.2) is 0 Å². The highest BCUT2D eigenvalue weighted by molar-refractivity contribution is 8.00. The fourth-order valence-corrected chi connectivity index (χ4v) is 20.4. The van der Waals surface area contributed by atoms with Crippen molar-refractivity contribution in [1.29, 1.82) is 0 Å². The quantitative estimate of drug-likeness (QED) is 0.130. The molecule has 17 aromatic rings. The van der Waals surface area contributed by atoms with Crippen molar-refractivity contribution in [3.8, 4) is 72.4 Å². The van der Waals surface area contributed by atoms with Gasteiger partial charge in [0.1, 0.15) is 0 Å². The average molecular weight is 1380 g/mol. The van der Waals surface area contributed by atoms with Crippen molar-refractivity contribution in [1.82, 2.24) is 4.57 Å². The van der Waals surface area contributed by atoms with Gasteiger partial charge in [-0.2, -0.15) is 0 Å².